The highest BCUT2D eigenvalue weighted by atomic mass is 16.3. The Labute approximate surface area is 130 Å². The van der Waals surface area contributed by atoms with E-state index in [1.807, 2.05) is 30.5 Å². The number of benzene rings is 1. The zero-order chi connectivity index (χ0) is 14.9. The highest BCUT2D eigenvalue weighted by Crippen LogP contribution is 2.71. The van der Waals surface area contributed by atoms with Gasteiger partial charge in [0.2, 0.25) is 0 Å². The molecule has 0 amide bonds. The van der Waals surface area contributed by atoms with E-state index >= 15 is 0 Å². The molecule has 0 bridgehead atoms. The fraction of sp³-hybridized carbons (Fsp3) is 0.421. The highest BCUT2D eigenvalue weighted by molar-refractivity contribution is 5.82. The van der Waals surface area contributed by atoms with E-state index in [2.05, 4.69) is 28.6 Å². The third-order valence-electron chi connectivity index (χ3n) is 6.32. The zero-order valence-corrected chi connectivity index (χ0v) is 12.5. The van der Waals surface area contributed by atoms with Crippen molar-refractivity contribution in [2.45, 2.75) is 30.5 Å². The van der Waals surface area contributed by atoms with Gasteiger partial charge in [-0.25, -0.2) is 0 Å². The lowest BCUT2D eigenvalue weighted by molar-refractivity contribution is -0.0656. The van der Waals surface area contributed by atoms with Gasteiger partial charge in [0.1, 0.15) is 0 Å². The predicted octanol–water partition coefficient (Wildman–Crippen LogP) is 2.92. The van der Waals surface area contributed by atoms with Crippen molar-refractivity contribution in [2.75, 3.05) is 6.54 Å². The van der Waals surface area contributed by atoms with Gasteiger partial charge in [-0.3, -0.25) is 9.88 Å². The maximum absolute atomic E-state index is 11.0. The van der Waals surface area contributed by atoms with Gasteiger partial charge in [-0.05, 0) is 48.9 Å². The van der Waals surface area contributed by atoms with Crippen molar-refractivity contribution in [3.05, 3.63) is 54.7 Å². The third kappa shape index (κ3) is 1.37. The molecule has 1 spiro atoms. The van der Waals surface area contributed by atoms with E-state index in [9.17, 15) is 5.11 Å². The number of nitrogens with zero attached hydrogens (tertiary/aromatic N) is 2. The normalized spacial score (nSPS) is 37.2. The Morgan fingerprint density at radius 2 is 2.23 bits per heavy atom. The van der Waals surface area contributed by atoms with E-state index in [1.165, 1.54) is 6.42 Å². The molecule has 112 valence electrons. The number of aromatic nitrogens is 1. The molecule has 2 aromatic rings. The number of aliphatic hydroxyl groups is 1. The lowest BCUT2D eigenvalue weighted by Crippen LogP contribution is -2.59. The van der Waals surface area contributed by atoms with Crippen LogP contribution in [0.25, 0.3) is 10.9 Å². The van der Waals surface area contributed by atoms with Crippen LogP contribution in [0.1, 0.15) is 24.5 Å². The first-order valence-electron chi connectivity index (χ1n) is 8.18. The van der Waals surface area contributed by atoms with Gasteiger partial charge in [-0.15, -0.1) is 6.58 Å². The van der Waals surface area contributed by atoms with Crippen LogP contribution in [-0.4, -0.2) is 33.1 Å². The summed E-state index contributed by atoms with van der Waals surface area (Å²) in [4.78, 5) is 6.95. The van der Waals surface area contributed by atoms with E-state index in [-0.39, 0.29) is 6.04 Å². The monoisotopic (exact) mass is 292 g/mol. The fourth-order valence-electron chi connectivity index (χ4n) is 5.30. The van der Waals surface area contributed by atoms with Gasteiger partial charge in [0, 0.05) is 23.2 Å². The number of piperidine rings is 1. The molecule has 3 heterocycles. The Hall–Kier alpha value is -1.71. The molecule has 1 N–H and O–H groups in total. The molecular formula is C19H20N2O. The van der Waals surface area contributed by atoms with E-state index in [4.69, 9.17) is 0 Å². The molecular weight excluding hydrogens is 272 g/mol. The molecule has 3 heteroatoms. The summed E-state index contributed by atoms with van der Waals surface area (Å²) in [5.41, 5.74) is 2.34. The van der Waals surface area contributed by atoms with Crippen LogP contribution < -0.4 is 0 Å². The van der Waals surface area contributed by atoms with Crippen LogP contribution in [0.5, 0.6) is 0 Å². The number of hydrogen-bond donors (Lipinski definition) is 1. The Morgan fingerprint density at radius 3 is 3.05 bits per heavy atom. The second kappa shape index (κ2) is 4.18. The lowest BCUT2D eigenvalue weighted by atomic mass is 9.82. The molecule has 2 saturated heterocycles. The molecule has 5 rings (SSSR count). The third-order valence-corrected chi connectivity index (χ3v) is 6.32. The van der Waals surface area contributed by atoms with Crippen LogP contribution in [0.4, 0.5) is 0 Å². The van der Waals surface area contributed by atoms with Crippen molar-refractivity contribution in [1.29, 1.82) is 0 Å². The maximum Gasteiger partial charge on any atom is 0.0953 e. The Morgan fingerprint density at radius 1 is 1.36 bits per heavy atom. The summed E-state index contributed by atoms with van der Waals surface area (Å²) in [6.45, 7) is 5.12. The van der Waals surface area contributed by atoms with E-state index < -0.39 is 6.10 Å². The van der Waals surface area contributed by atoms with Crippen LogP contribution in [0.2, 0.25) is 0 Å². The number of pyridine rings is 1. The second-order valence-electron chi connectivity index (χ2n) is 6.97. The van der Waals surface area contributed by atoms with Crippen molar-refractivity contribution < 1.29 is 5.11 Å². The molecule has 3 aliphatic rings. The Kier molecular flexibility index (Phi) is 2.43. The van der Waals surface area contributed by atoms with Crippen molar-refractivity contribution in [1.82, 2.24) is 9.88 Å². The smallest absolute Gasteiger partial charge is 0.0953 e. The van der Waals surface area contributed by atoms with E-state index in [0.717, 1.165) is 35.3 Å². The number of hydrogen-bond acceptors (Lipinski definition) is 3. The molecule has 2 aliphatic heterocycles. The average Bonchev–Trinajstić information content (AvgIpc) is 3.12. The molecule has 1 aromatic heterocycles. The van der Waals surface area contributed by atoms with Crippen LogP contribution in [0.3, 0.4) is 0 Å². The molecule has 5 atom stereocenters. The molecule has 1 aliphatic carbocycles. The van der Waals surface area contributed by atoms with Crippen LogP contribution in [0.15, 0.2) is 49.2 Å². The molecule has 1 saturated carbocycles. The molecule has 2 unspecified atom stereocenters. The topological polar surface area (TPSA) is 36.4 Å². The Bertz CT molecular complexity index is 768. The fourth-order valence-corrected chi connectivity index (χ4v) is 5.30. The van der Waals surface area contributed by atoms with Crippen LogP contribution in [0, 0.1) is 11.8 Å². The minimum Gasteiger partial charge on any atom is -0.387 e. The summed E-state index contributed by atoms with van der Waals surface area (Å²) in [5, 5.41) is 12.1. The maximum atomic E-state index is 11.0. The molecule has 22 heavy (non-hydrogen) atoms. The summed E-state index contributed by atoms with van der Waals surface area (Å²) >= 11 is 0. The summed E-state index contributed by atoms with van der Waals surface area (Å²) in [6, 6.07) is 10.3. The second-order valence-corrected chi connectivity index (χ2v) is 6.97. The van der Waals surface area contributed by atoms with Gasteiger partial charge in [-0.2, -0.15) is 0 Å². The number of aliphatic hydroxyl groups excluding tert-OH is 1. The SMILES string of the molecule is C=CC1C2CCN3[C@@H]([C@H](O)c4ccnc5ccccc45)C[C@]123. The van der Waals surface area contributed by atoms with Crippen LogP contribution >= 0.6 is 0 Å². The summed E-state index contributed by atoms with van der Waals surface area (Å²) in [5.74, 6) is 1.45. The van der Waals surface area contributed by atoms with Crippen molar-refractivity contribution >= 4 is 10.9 Å². The number of rotatable bonds is 3. The first kappa shape index (κ1) is 12.8. The average molecular weight is 292 g/mol. The van der Waals surface area contributed by atoms with Gasteiger partial charge in [0.05, 0.1) is 11.6 Å². The minimum absolute atomic E-state index is 0.251. The van der Waals surface area contributed by atoms with E-state index in [1.54, 1.807) is 0 Å². The largest absolute Gasteiger partial charge is 0.387 e. The van der Waals surface area contributed by atoms with Gasteiger partial charge in [0.25, 0.3) is 0 Å². The minimum atomic E-state index is -0.427. The van der Waals surface area contributed by atoms with Gasteiger partial charge >= 0.3 is 0 Å². The lowest BCUT2D eigenvalue weighted by Gasteiger charge is -2.50. The van der Waals surface area contributed by atoms with Crippen molar-refractivity contribution in [3.63, 3.8) is 0 Å². The number of fused-ring (bicyclic) bond motifs is 1. The standard InChI is InChI=1S/C19H20N2O/c1-2-14-15-8-10-21-17(11-19(14,15)21)18(22)13-7-9-20-16-6-4-3-5-12(13)16/h2-7,9,14-15,17-18,22H,1,8,10-11H2/t14?,15?,17-,18-,19+/m1/s1. The molecule has 3 nitrogen and oxygen atoms in total. The molecule has 1 aromatic carbocycles. The van der Waals surface area contributed by atoms with Crippen molar-refractivity contribution in [3.8, 4) is 0 Å². The Balaban J connectivity index is 1.48. The van der Waals surface area contributed by atoms with E-state index in [0.29, 0.717) is 11.5 Å². The molecule has 0 radical (unpaired) electrons. The van der Waals surface area contributed by atoms with Gasteiger partial charge in [-0.1, -0.05) is 24.3 Å². The van der Waals surface area contributed by atoms with Crippen molar-refractivity contribution in [2.24, 2.45) is 11.8 Å². The summed E-state index contributed by atoms with van der Waals surface area (Å²) in [6.07, 6.45) is 5.87. The van der Waals surface area contributed by atoms with Crippen LogP contribution in [-0.2, 0) is 0 Å². The zero-order valence-electron chi connectivity index (χ0n) is 12.5. The quantitative estimate of drug-likeness (QED) is 0.884. The number of para-hydroxylation sites is 1. The highest BCUT2D eigenvalue weighted by Gasteiger charge is 2.76. The first-order valence-corrected chi connectivity index (χ1v) is 8.18. The van der Waals surface area contributed by atoms with Gasteiger partial charge < -0.3 is 5.11 Å². The summed E-state index contributed by atoms with van der Waals surface area (Å²) < 4.78 is 0. The van der Waals surface area contributed by atoms with Gasteiger partial charge in [0.15, 0.2) is 0 Å². The summed E-state index contributed by atoms with van der Waals surface area (Å²) in [7, 11) is 0. The molecule has 3 fully saturated rings. The first-order chi connectivity index (χ1) is 10.8. The predicted molar refractivity (Wildman–Crippen MR) is 86.3 cm³/mol.